The number of aliphatic hydroxyl groups is 2. The topological polar surface area (TPSA) is 119 Å². The van der Waals surface area contributed by atoms with Crippen LogP contribution in [0.3, 0.4) is 0 Å². The lowest BCUT2D eigenvalue weighted by Gasteiger charge is -2.31. The summed E-state index contributed by atoms with van der Waals surface area (Å²) in [4.78, 5) is 39.8. The first-order chi connectivity index (χ1) is 17.6. The van der Waals surface area contributed by atoms with Crippen LogP contribution >= 0.6 is 0 Å². The Kier molecular flexibility index (Phi) is 11.8. The number of nitrogens with zero attached hydrogens (tertiary/aromatic N) is 1. The third-order valence-electron chi connectivity index (χ3n) is 6.18. The molecule has 0 aliphatic carbocycles. The van der Waals surface area contributed by atoms with Crippen LogP contribution in [0.2, 0.25) is 0 Å². The first-order valence-electron chi connectivity index (χ1n) is 13.0. The Morgan fingerprint density at radius 3 is 2.05 bits per heavy atom. The van der Waals surface area contributed by atoms with Crippen molar-refractivity contribution in [3.05, 3.63) is 70.8 Å². The maximum Gasteiger partial charge on any atom is 0.253 e. The molecule has 4 unspecified atom stereocenters. The zero-order chi connectivity index (χ0) is 27.5. The van der Waals surface area contributed by atoms with Crippen LogP contribution in [0.25, 0.3) is 0 Å². The lowest BCUT2D eigenvalue weighted by atomic mass is 9.94. The van der Waals surface area contributed by atoms with E-state index < -0.39 is 30.2 Å². The Bertz CT molecular complexity index is 1040. The predicted molar refractivity (Wildman–Crippen MR) is 144 cm³/mol. The van der Waals surface area contributed by atoms with E-state index >= 15 is 0 Å². The van der Waals surface area contributed by atoms with E-state index in [0.717, 1.165) is 24.0 Å². The third kappa shape index (κ3) is 8.98. The number of carbonyl (C=O) groups is 3. The van der Waals surface area contributed by atoms with E-state index in [1.54, 1.807) is 30.0 Å². The molecule has 0 aliphatic rings. The van der Waals surface area contributed by atoms with Crippen molar-refractivity contribution in [1.82, 2.24) is 15.5 Å². The van der Waals surface area contributed by atoms with E-state index in [4.69, 9.17) is 0 Å². The molecule has 0 aliphatic heterocycles. The van der Waals surface area contributed by atoms with Crippen molar-refractivity contribution in [2.24, 2.45) is 0 Å². The average molecular weight is 512 g/mol. The van der Waals surface area contributed by atoms with Crippen molar-refractivity contribution >= 4 is 17.7 Å². The largest absolute Gasteiger partial charge is 0.388 e. The monoisotopic (exact) mass is 511 g/mol. The second kappa shape index (κ2) is 14.5. The smallest absolute Gasteiger partial charge is 0.253 e. The van der Waals surface area contributed by atoms with Gasteiger partial charge in [-0.05, 0) is 62.4 Å². The van der Waals surface area contributed by atoms with Crippen molar-refractivity contribution in [3.63, 3.8) is 0 Å². The lowest BCUT2D eigenvalue weighted by molar-refractivity contribution is -0.121. The van der Waals surface area contributed by atoms with Crippen molar-refractivity contribution in [1.29, 1.82) is 0 Å². The van der Waals surface area contributed by atoms with Gasteiger partial charge in [0, 0.05) is 31.1 Å². The summed E-state index contributed by atoms with van der Waals surface area (Å²) in [7, 11) is 0. The summed E-state index contributed by atoms with van der Waals surface area (Å²) in [6.07, 6.45) is -0.742. The van der Waals surface area contributed by atoms with Crippen LogP contribution in [0.5, 0.6) is 0 Å². The highest BCUT2D eigenvalue weighted by molar-refractivity contribution is 6.00. The fourth-order valence-electron chi connectivity index (χ4n) is 4.39. The zero-order valence-corrected chi connectivity index (χ0v) is 22.5. The van der Waals surface area contributed by atoms with E-state index in [1.165, 1.54) is 6.92 Å². The van der Waals surface area contributed by atoms with Gasteiger partial charge in [-0.25, -0.2) is 0 Å². The van der Waals surface area contributed by atoms with Crippen LogP contribution in [0.15, 0.2) is 48.5 Å². The molecule has 8 heteroatoms. The number of aliphatic hydroxyl groups excluding tert-OH is 2. The van der Waals surface area contributed by atoms with E-state index in [0.29, 0.717) is 24.2 Å². The van der Waals surface area contributed by atoms with Gasteiger partial charge in [0.05, 0.1) is 12.1 Å². The van der Waals surface area contributed by atoms with Crippen molar-refractivity contribution in [3.8, 4) is 0 Å². The molecular weight excluding hydrogens is 470 g/mol. The van der Waals surface area contributed by atoms with Gasteiger partial charge in [0.2, 0.25) is 5.91 Å². The van der Waals surface area contributed by atoms with Crippen molar-refractivity contribution < 1.29 is 24.6 Å². The molecule has 0 radical (unpaired) electrons. The normalized spacial score (nSPS) is 14.2. The van der Waals surface area contributed by atoms with Crippen LogP contribution < -0.4 is 10.6 Å². The summed E-state index contributed by atoms with van der Waals surface area (Å²) < 4.78 is 0. The number of hydrogen-bond acceptors (Lipinski definition) is 5. The van der Waals surface area contributed by atoms with E-state index in [9.17, 15) is 24.6 Å². The summed E-state index contributed by atoms with van der Waals surface area (Å²) in [5, 5.41) is 27.2. The molecule has 37 heavy (non-hydrogen) atoms. The SMILES string of the molecule is CCCN(CCC)C(=O)c1cc(C)cc(C(=O)NC(Cc2ccccc2)C(O)C(O)C(C)NC(C)=O)c1. The maximum absolute atomic E-state index is 13.4. The van der Waals surface area contributed by atoms with Gasteiger partial charge in [0.1, 0.15) is 12.2 Å². The minimum atomic E-state index is -1.36. The molecule has 2 aromatic rings. The van der Waals surface area contributed by atoms with Gasteiger partial charge >= 0.3 is 0 Å². The van der Waals surface area contributed by atoms with E-state index in [2.05, 4.69) is 10.6 Å². The van der Waals surface area contributed by atoms with Crippen LogP contribution in [0.4, 0.5) is 0 Å². The summed E-state index contributed by atoms with van der Waals surface area (Å²) >= 11 is 0. The van der Waals surface area contributed by atoms with Crippen LogP contribution in [-0.2, 0) is 11.2 Å². The molecule has 0 fully saturated rings. The standard InChI is InChI=1S/C29H41N3O5/c1-6-13-32(14-7-2)29(37)24-16-19(3)15-23(18-24)28(36)31-25(17-22-11-9-8-10-12-22)27(35)26(34)20(4)30-21(5)33/h8-12,15-16,18,20,25-27,34-35H,6-7,13-14,17H2,1-5H3,(H,30,33)(H,31,36). The highest BCUT2D eigenvalue weighted by atomic mass is 16.3. The van der Waals surface area contributed by atoms with Crippen molar-refractivity contribution in [2.75, 3.05) is 13.1 Å². The Morgan fingerprint density at radius 1 is 0.892 bits per heavy atom. The molecule has 0 saturated carbocycles. The highest BCUT2D eigenvalue weighted by Gasteiger charge is 2.32. The fraction of sp³-hybridized carbons (Fsp3) is 0.483. The number of amides is 3. The fourth-order valence-corrected chi connectivity index (χ4v) is 4.39. The predicted octanol–water partition coefficient (Wildman–Crippen LogP) is 2.84. The van der Waals surface area contributed by atoms with Crippen LogP contribution in [0, 0.1) is 6.92 Å². The molecule has 4 atom stereocenters. The Balaban J connectivity index is 2.32. The lowest BCUT2D eigenvalue weighted by Crippen LogP contribution is -2.55. The van der Waals surface area contributed by atoms with E-state index in [-0.39, 0.29) is 18.2 Å². The summed E-state index contributed by atoms with van der Waals surface area (Å²) in [6, 6.07) is 12.8. The number of benzene rings is 2. The third-order valence-corrected chi connectivity index (χ3v) is 6.18. The molecule has 202 valence electrons. The van der Waals surface area contributed by atoms with Gasteiger partial charge in [-0.1, -0.05) is 44.2 Å². The Morgan fingerprint density at radius 2 is 1.49 bits per heavy atom. The molecular formula is C29H41N3O5. The summed E-state index contributed by atoms with van der Waals surface area (Å²) in [5.41, 5.74) is 2.36. The zero-order valence-electron chi connectivity index (χ0n) is 22.5. The second-order valence-corrected chi connectivity index (χ2v) is 9.62. The first-order valence-corrected chi connectivity index (χ1v) is 13.0. The minimum Gasteiger partial charge on any atom is -0.388 e. The molecule has 0 aromatic heterocycles. The Hall–Kier alpha value is -3.23. The van der Waals surface area contributed by atoms with Crippen molar-refractivity contribution in [2.45, 2.75) is 78.2 Å². The summed E-state index contributed by atoms with van der Waals surface area (Å²) in [5.74, 6) is -0.920. The van der Waals surface area contributed by atoms with Gasteiger partial charge in [-0.15, -0.1) is 0 Å². The minimum absolute atomic E-state index is 0.123. The number of hydrogen-bond donors (Lipinski definition) is 4. The van der Waals surface area contributed by atoms with Crippen LogP contribution in [-0.4, -0.2) is 70.2 Å². The first kappa shape index (κ1) is 30.0. The quantitative estimate of drug-likeness (QED) is 0.330. The van der Waals surface area contributed by atoms with Gasteiger partial charge in [-0.2, -0.15) is 0 Å². The second-order valence-electron chi connectivity index (χ2n) is 9.62. The average Bonchev–Trinajstić information content (AvgIpc) is 2.86. The molecule has 0 bridgehead atoms. The molecule has 8 nitrogen and oxygen atoms in total. The molecule has 4 N–H and O–H groups in total. The van der Waals surface area contributed by atoms with Gasteiger partial charge in [0.25, 0.3) is 11.8 Å². The number of aryl methyl sites for hydroxylation is 1. The van der Waals surface area contributed by atoms with E-state index in [1.807, 2.05) is 51.1 Å². The molecule has 0 heterocycles. The number of carbonyl (C=O) groups excluding carboxylic acids is 3. The van der Waals surface area contributed by atoms with Gasteiger partial charge < -0.3 is 25.7 Å². The molecule has 0 saturated heterocycles. The molecule has 0 spiro atoms. The van der Waals surface area contributed by atoms with Gasteiger partial charge in [-0.3, -0.25) is 14.4 Å². The van der Waals surface area contributed by atoms with Gasteiger partial charge in [0.15, 0.2) is 0 Å². The Labute approximate surface area is 220 Å². The highest BCUT2D eigenvalue weighted by Crippen LogP contribution is 2.16. The van der Waals surface area contributed by atoms with Crippen LogP contribution in [0.1, 0.15) is 72.4 Å². The number of nitrogens with one attached hydrogen (secondary N) is 2. The molecule has 2 rings (SSSR count). The number of rotatable bonds is 13. The molecule has 3 amide bonds. The maximum atomic E-state index is 13.4. The summed E-state index contributed by atoms with van der Waals surface area (Å²) in [6.45, 7) is 10.1. The molecule has 2 aromatic carbocycles.